The van der Waals surface area contributed by atoms with E-state index in [0.717, 1.165) is 10.0 Å². The van der Waals surface area contributed by atoms with E-state index >= 15 is 0 Å². The lowest BCUT2D eigenvalue weighted by atomic mass is 10.1. The second-order valence-corrected chi connectivity index (χ2v) is 3.54. The SMILES string of the molecule is N#C[C@@H](N)c1ccc(Br)c(Cl)c1. The Hall–Kier alpha value is -0.560. The van der Waals surface area contributed by atoms with Crippen LogP contribution in [0.4, 0.5) is 0 Å². The lowest BCUT2D eigenvalue weighted by Gasteiger charge is -2.03. The Morgan fingerprint density at radius 1 is 1.58 bits per heavy atom. The first-order valence-corrected chi connectivity index (χ1v) is 4.42. The molecule has 0 aliphatic rings. The van der Waals surface area contributed by atoms with Crippen molar-refractivity contribution in [3.63, 3.8) is 0 Å². The number of hydrogen-bond acceptors (Lipinski definition) is 2. The quantitative estimate of drug-likeness (QED) is 0.827. The molecule has 0 spiro atoms. The average molecular weight is 246 g/mol. The standard InChI is InChI=1S/C8H6BrClN2/c9-6-2-1-5(3-7(6)10)8(12)4-11/h1-3,8H,12H2/t8-/m1/s1. The van der Waals surface area contributed by atoms with Gasteiger partial charge in [0, 0.05) is 4.47 Å². The normalized spacial score (nSPS) is 12.2. The fourth-order valence-electron chi connectivity index (χ4n) is 0.780. The van der Waals surface area contributed by atoms with Gasteiger partial charge in [0.2, 0.25) is 0 Å². The minimum Gasteiger partial charge on any atom is -0.312 e. The Balaban J connectivity index is 3.06. The predicted octanol–water partition coefficient (Wildman–Crippen LogP) is 2.63. The van der Waals surface area contributed by atoms with E-state index in [1.807, 2.05) is 6.07 Å². The number of rotatable bonds is 1. The number of nitriles is 1. The van der Waals surface area contributed by atoms with Crippen LogP contribution in [0.25, 0.3) is 0 Å². The van der Waals surface area contributed by atoms with E-state index in [2.05, 4.69) is 15.9 Å². The zero-order valence-electron chi connectivity index (χ0n) is 6.09. The van der Waals surface area contributed by atoms with Crippen molar-refractivity contribution >= 4 is 27.5 Å². The largest absolute Gasteiger partial charge is 0.312 e. The molecule has 0 saturated carbocycles. The summed E-state index contributed by atoms with van der Waals surface area (Å²) in [5.74, 6) is 0. The van der Waals surface area contributed by atoms with Gasteiger partial charge in [0.15, 0.2) is 0 Å². The topological polar surface area (TPSA) is 49.8 Å². The first-order chi connectivity index (χ1) is 5.65. The Bertz CT molecular complexity index is 332. The molecule has 2 nitrogen and oxygen atoms in total. The maximum absolute atomic E-state index is 8.52. The van der Waals surface area contributed by atoms with E-state index in [0.29, 0.717) is 5.02 Å². The highest BCUT2D eigenvalue weighted by Gasteiger charge is 2.05. The van der Waals surface area contributed by atoms with Crippen LogP contribution in [0.15, 0.2) is 22.7 Å². The van der Waals surface area contributed by atoms with Crippen LogP contribution in [0.2, 0.25) is 5.02 Å². The van der Waals surface area contributed by atoms with Crippen molar-refractivity contribution < 1.29 is 0 Å². The van der Waals surface area contributed by atoms with Gasteiger partial charge in [0.1, 0.15) is 6.04 Å². The van der Waals surface area contributed by atoms with E-state index < -0.39 is 6.04 Å². The van der Waals surface area contributed by atoms with Crippen molar-refractivity contribution in [1.82, 2.24) is 0 Å². The summed E-state index contributed by atoms with van der Waals surface area (Å²) in [6, 6.07) is 6.55. The van der Waals surface area contributed by atoms with Crippen molar-refractivity contribution in [3.05, 3.63) is 33.3 Å². The second-order valence-electron chi connectivity index (χ2n) is 2.28. The maximum Gasteiger partial charge on any atom is 0.118 e. The Labute approximate surface area is 84.1 Å². The molecule has 0 fully saturated rings. The third-order valence-corrected chi connectivity index (χ3v) is 2.67. The summed E-state index contributed by atoms with van der Waals surface area (Å²) in [7, 11) is 0. The van der Waals surface area contributed by atoms with Crippen molar-refractivity contribution in [2.45, 2.75) is 6.04 Å². The van der Waals surface area contributed by atoms with Gasteiger partial charge in [-0.2, -0.15) is 5.26 Å². The Morgan fingerprint density at radius 2 is 2.25 bits per heavy atom. The molecule has 0 radical (unpaired) electrons. The second kappa shape index (κ2) is 3.90. The number of hydrogen-bond donors (Lipinski definition) is 1. The third kappa shape index (κ3) is 1.98. The zero-order chi connectivity index (χ0) is 9.14. The molecule has 0 unspecified atom stereocenters. The van der Waals surface area contributed by atoms with Crippen LogP contribution in [0, 0.1) is 11.3 Å². The van der Waals surface area contributed by atoms with Crippen LogP contribution < -0.4 is 5.73 Å². The van der Waals surface area contributed by atoms with Crippen molar-refractivity contribution in [2.75, 3.05) is 0 Å². The molecule has 1 aromatic carbocycles. The molecule has 1 rings (SSSR count). The first kappa shape index (κ1) is 9.53. The van der Waals surface area contributed by atoms with Crippen LogP contribution in [-0.2, 0) is 0 Å². The van der Waals surface area contributed by atoms with Gasteiger partial charge in [-0.3, -0.25) is 0 Å². The summed E-state index contributed by atoms with van der Waals surface area (Å²) >= 11 is 9.05. The lowest BCUT2D eigenvalue weighted by Crippen LogP contribution is -2.06. The van der Waals surface area contributed by atoms with Crippen LogP contribution in [0.5, 0.6) is 0 Å². The summed E-state index contributed by atoms with van der Waals surface area (Å²) < 4.78 is 0.804. The van der Waals surface area contributed by atoms with E-state index in [9.17, 15) is 0 Å². The van der Waals surface area contributed by atoms with Gasteiger partial charge in [-0.25, -0.2) is 0 Å². The molecule has 1 aromatic rings. The number of nitrogens with two attached hydrogens (primary N) is 1. The summed E-state index contributed by atoms with van der Waals surface area (Å²) in [5, 5.41) is 9.09. The molecular formula is C8H6BrClN2. The highest BCUT2D eigenvalue weighted by Crippen LogP contribution is 2.24. The van der Waals surface area contributed by atoms with E-state index in [1.165, 1.54) is 0 Å². The molecule has 12 heavy (non-hydrogen) atoms. The Kier molecular flexibility index (Phi) is 3.10. The molecule has 0 bridgehead atoms. The maximum atomic E-state index is 8.52. The molecule has 0 saturated heterocycles. The fraction of sp³-hybridized carbons (Fsp3) is 0.125. The van der Waals surface area contributed by atoms with Crippen LogP contribution in [-0.4, -0.2) is 0 Å². The van der Waals surface area contributed by atoms with Gasteiger partial charge in [0.25, 0.3) is 0 Å². The highest BCUT2D eigenvalue weighted by atomic mass is 79.9. The van der Waals surface area contributed by atoms with Crippen molar-refractivity contribution in [2.24, 2.45) is 5.73 Å². The molecular weight excluding hydrogens is 239 g/mol. The van der Waals surface area contributed by atoms with Gasteiger partial charge in [-0.05, 0) is 33.6 Å². The van der Waals surface area contributed by atoms with E-state index in [1.54, 1.807) is 18.2 Å². The van der Waals surface area contributed by atoms with Gasteiger partial charge in [-0.1, -0.05) is 17.7 Å². The van der Waals surface area contributed by atoms with Crippen molar-refractivity contribution in [1.29, 1.82) is 5.26 Å². The number of benzene rings is 1. The molecule has 0 aliphatic carbocycles. The van der Waals surface area contributed by atoms with Crippen LogP contribution in [0.3, 0.4) is 0 Å². The molecule has 1 atom stereocenters. The van der Waals surface area contributed by atoms with Crippen LogP contribution in [0.1, 0.15) is 11.6 Å². The monoisotopic (exact) mass is 244 g/mol. The third-order valence-electron chi connectivity index (χ3n) is 1.44. The summed E-state index contributed by atoms with van der Waals surface area (Å²) in [6.07, 6.45) is 0. The number of nitrogens with zero attached hydrogens (tertiary/aromatic N) is 1. The van der Waals surface area contributed by atoms with Crippen LogP contribution >= 0.6 is 27.5 Å². The molecule has 0 aromatic heterocycles. The zero-order valence-corrected chi connectivity index (χ0v) is 8.43. The molecule has 62 valence electrons. The summed E-state index contributed by atoms with van der Waals surface area (Å²) in [6.45, 7) is 0. The van der Waals surface area contributed by atoms with Gasteiger partial charge in [0.05, 0.1) is 11.1 Å². The highest BCUT2D eigenvalue weighted by molar-refractivity contribution is 9.10. The van der Waals surface area contributed by atoms with Gasteiger partial charge >= 0.3 is 0 Å². The lowest BCUT2D eigenvalue weighted by molar-refractivity contribution is 0.926. The molecule has 0 aliphatic heterocycles. The minimum atomic E-state index is -0.601. The van der Waals surface area contributed by atoms with Crippen molar-refractivity contribution in [3.8, 4) is 6.07 Å². The van der Waals surface area contributed by atoms with E-state index in [4.69, 9.17) is 22.6 Å². The van der Waals surface area contributed by atoms with Gasteiger partial charge in [-0.15, -0.1) is 0 Å². The Morgan fingerprint density at radius 3 is 2.75 bits per heavy atom. The molecule has 2 N–H and O–H groups in total. The smallest absolute Gasteiger partial charge is 0.118 e. The van der Waals surface area contributed by atoms with E-state index in [-0.39, 0.29) is 0 Å². The molecule has 0 amide bonds. The minimum absolute atomic E-state index is 0.568. The number of halogens is 2. The van der Waals surface area contributed by atoms with Gasteiger partial charge < -0.3 is 5.73 Å². The predicted molar refractivity (Wildman–Crippen MR) is 51.7 cm³/mol. The molecule has 0 heterocycles. The fourth-order valence-corrected chi connectivity index (χ4v) is 1.22. The average Bonchev–Trinajstić information content (AvgIpc) is 2.08. The summed E-state index contributed by atoms with van der Waals surface area (Å²) in [5.41, 5.74) is 6.21. The first-order valence-electron chi connectivity index (χ1n) is 3.25. The summed E-state index contributed by atoms with van der Waals surface area (Å²) in [4.78, 5) is 0. The molecule has 4 heteroatoms.